The van der Waals surface area contributed by atoms with E-state index < -0.39 is 0 Å². The molecule has 11 aromatic rings. The van der Waals surface area contributed by atoms with E-state index in [9.17, 15) is 0 Å². The van der Waals surface area contributed by atoms with Crippen LogP contribution >= 0.6 is 0 Å². The molecule has 0 aliphatic rings. The third-order valence-corrected chi connectivity index (χ3v) is 14.1. The summed E-state index contributed by atoms with van der Waals surface area (Å²) >= 11 is 0. The molecule has 0 saturated carbocycles. The lowest BCUT2D eigenvalue weighted by atomic mass is 9.81. The maximum atomic E-state index is 7.48. The average molecular weight is 913 g/mol. The number of aliphatic imine (C=N–C) groups is 2. The largest absolute Gasteiger partial charge is 0.456 e. The Hall–Kier alpha value is -7.56. The van der Waals surface area contributed by atoms with Gasteiger partial charge in [-0.1, -0.05) is 184 Å². The SMILES string of the molecule is CC(C)c1cccc(/C(=N\c2ccccc2)c2c(/C(=N/c3ccccc3)c3cccc(C(C)C)c3)c3ccc4oc5c(C(C)(C)C)cccc5c4c3c3c2ccc2c4cccc(C(C)(C)C)c4oc23)c1. The smallest absolute Gasteiger partial charge is 0.143 e. The number of benzene rings is 9. The molecule has 0 saturated heterocycles. The fraction of sp³-hybridized carbons (Fsp3) is 0.212. The monoisotopic (exact) mass is 912 g/mol. The minimum Gasteiger partial charge on any atom is -0.456 e. The second-order valence-corrected chi connectivity index (χ2v) is 21.7. The summed E-state index contributed by atoms with van der Waals surface area (Å²) in [5, 5.41) is 8.43. The van der Waals surface area contributed by atoms with Crippen molar-refractivity contribution in [2.45, 2.75) is 91.9 Å². The van der Waals surface area contributed by atoms with Crippen LogP contribution in [0.2, 0.25) is 0 Å². The van der Waals surface area contributed by atoms with E-state index in [0.717, 1.165) is 110 Å². The number of fused-ring (bicyclic) bond motifs is 11. The lowest BCUT2D eigenvalue weighted by Crippen LogP contribution is -2.15. The van der Waals surface area contributed by atoms with E-state index in [1.807, 2.05) is 0 Å². The number of furan rings is 2. The second-order valence-electron chi connectivity index (χ2n) is 21.7. The molecule has 11 rings (SSSR count). The predicted molar refractivity (Wildman–Crippen MR) is 298 cm³/mol. The third kappa shape index (κ3) is 7.71. The zero-order chi connectivity index (χ0) is 48.6. The fourth-order valence-corrected chi connectivity index (χ4v) is 10.5. The molecule has 2 heterocycles. The van der Waals surface area contributed by atoms with Gasteiger partial charge >= 0.3 is 0 Å². The Morgan fingerprint density at radius 3 is 1.34 bits per heavy atom. The molecule has 4 nitrogen and oxygen atoms in total. The van der Waals surface area contributed by atoms with Crippen LogP contribution in [0.25, 0.3) is 65.4 Å². The van der Waals surface area contributed by atoms with Gasteiger partial charge in [0.25, 0.3) is 0 Å². The normalized spacial score (nSPS) is 13.1. The Bertz CT molecular complexity index is 3890. The first-order chi connectivity index (χ1) is 33.7. The van der Waals surface area contributed by atoms with Gasteiger partial charge in [-0.2, -0.15) is 0 Å². The summed E-state index contributed by atoms with van der Waals surface area (Å²) in [6.07, 6.45) is 0. The Balaban J connectivity index is 1.45. The standard InChI is InChI=1S/C66H60N2O2/c1-39(2)41-21-17-23-43(37-41)60(67-45-25-13-11-14-26-45)57-49-35-36-54-55(51-30-20-32-53(63(51)69-54)66(8,9)10)56(49)59-50(34-33-48-47-29-19-31-52(65(5,6)7)62(47)70-64(48)59)58(57)61(68-46-27-15-12-16-28-46)44-24-18-22-42(38-44)40(3)4/h11-40H,1-10H3/b67-60+,68-61+. The molecule has 0 N–H and O–H groups in total. The van der Waals surface area contributed by atoms with E-state index in [1.165, 1.54) is 22.3 Å². The van der Waals surface area contributed by atoms with Crippen LogP contribution in [0.4, 0.5) is 11.4 Å². The van der Waals surface area contributed by atoms with Crippen molar-refractivity contribution < 1.29 is 8.83 Å². The molecule has 0 aliphatic heterocycles. The number of rotatable bonds is 8. The highest BCUT2D eigenvalue weighted by atomic mass is 16.3. The number of para-hydroxylation sites is 4. The van der Waals surface area contributed by atoms with Crippen LogP contribution in [0.3, 0.4) is 0 Å². The van der Waals surface area contributed by atoms with Crippen LogP contribution in [0, 0.1) is 0 Å². The van der Waals surface area contributed by atoms with Crippen molar-refractivity contribution in [3.63, 3.8) is 0 Å². The lowest BCUT2D eigenvalue weighted by molar-refractivity contribution is 0.572. The highest BCUT2D eigenvalue weighted by molar-refractivity contribution is 6.41. The van der Waals surface area contributed by atoms with Crippen LogP contribution in [-0.4, -0.2) is 11.4 Å². The van der Waals surface area contributed by atoms with Gasteiger partial charge in [-0.15, -0.1) is 0 Å². The van der Waals surface area contributed by atoms with E-state index in [-0.39, 0.29) is 10.8 Å². The molecular weight excluding hydrogens is 853 g/mol. The quantitative estimate of drug-likeness (QED) is 0.113. The van der Waals surface area contributed by atoms with Gasteiger partial charge in [-0.3, -0.25) is 0 Å². The highest BCUT2D eigenvalue weighted by Crippen LogP contribution is 2.49. The van der Waals surface area contributed by atoms with Crippen molar-refractivity contribution in [1.29, 1.82) is 0 Å². The van der Waals surface area contributed by atoms with Crippen molar-refractivity contribution in [2.24, 2.45) is 9.98 Å². The molecule has 2 aromatic heterocycles. The average Bonchev–Trinajstić information content (AvgIpc) is 3.93. The Kier molecular flexibility index (Phi) is 11.0. The fourth-order valence-electron chi connectivity index (χ4n) is 10.5. The summed E-state index contributed by atoms with van der Waals surface area (Å²) in [6, 6.07) is 61.0. The molecule has 70 heavy (non-hydrogen) atoms. The van der Waals surface area contributed by atoms with Gasteiger partial charge in [-0.05, 0) is 99.2 Å². The van der Waals surface area contributed by atoms with Gasteiger partial charge < -0.3 is 8.83 Å². The summed E-state index contributed by atoms with van der Waals surface area (Å²) in [6.45, 7) is 22.6. The molecule has 346 valence electrons. The van der Waals surface area contributed by atoms with Crippen molar-refractivity contribution >= 4 is 88.2 Å². The summed E-state index contributed by atoms with van der Waals surface area (Å²) in [4.78, 5) is 11.5. The van der Waals surface area contributed by atoms with Gasteiger partial charge in [0.2, 0.25) is 0 Å². The van der Waals surface area contributed by atoms with Gasteiger partial charge in [0, 0.05) is 65.7 Å². The molecule has 0 fully saturated rings. The Labute approximate surface area is 411 Å². The summed E-state index contributed by atoms with van der Waals surface area (Å²) in [7, 11) is 0. The maximum Gasteiger partial charge on any atom is 0.143 e. The van der Waals surface area contributed by atoms with Crippen LogP contribution in [0.1, 0.15) is 126 Å². The van der Waals surface area contributed by atoms with Gasteiger partial charge in [0.1, 0.15) is 22.3 Å². The molecular formula is C66H60N2O2. The van der Waals surface area contributed by atoms with Crippen LogP contribution in [-0.2, 0) is 10.8 Å². The molecule has 0 aliphatic carbocycles. The molecule has 0 amide bonds. The first kappa shape index (κ1) is 44.9. The maximum absolute atomic E-state index is 7.48. The minimum absolute atomic E-state index is 0.161. The first-order valence-corrected chi connectivity index (χ1v) is 24.9. The van der Waals surface area contributed by atoms with Gasteiger partial charge in [0.15, 0.2) is 0 Å². The molecule has 9 aromatic carbocycles. The molecule has 4 heteroatoms. The predicted octanol–water partition coefficient (Wildman–Crippen LogP) is 19.0. The molecule has 0 atom stereocenters. The van der Waals surface area contributed by atoms with Gasteiger partial charge in [-0.25, -0.2) is 9.98 Å². The van der Waals surface area contributed by atoms with E-state index in [4.69, 9.17) is 18.8 Å². The van der Waals surface area contributed by atoms with E-state index in [2.05, 4.69) is 239 Å². The van der Waals surface area contributed by atoms with Crippen LogP contribution < -0.4 is 0 Å². The van der Waals surface area contributed by atoms with E-state index in [0.29, 0.717) is 11.8 Å². The van der Waals surface area contributed by atoms with Crippen LogP contribution in [0.15, 0.2) is 189 Å². The molecule has 0 spiro atoms. The lowest BCUT2D eigenvalue weighted by Gasteiger charge is -2.23. The topological polar surface area (TPSA) is 51.0 Å². The molecule has 0 bridgehead atoms. The number of hydrogen-bond acceptors (Lipinski definition) is 4. The molecule has 0 unspecified atom stereocenters. The van der Waals surface area contributed by atoms with Gasteiger partial charge in [0.05, 0.1) is 22.8 Å². The summed E-state index contributed by atoms with van der Waals surface area (Å²) in [5.41, 5.74) is 15.4. The number of nitrogens with zero attached hydrogens (tertiary/aromatic N) is 2. The minimum atomic E-state index is -0.163. The highest BCUT2D eigenvalue weighted by Gasteiger charge is 2.31. The Morgan fingerprint density at radius 1 is 0.386 bits per heavy atom. The Morgan fingerprint density at radius 2 is 0.829 bits per heavy atom. The zero-order valence-corrected chi connectivity index (χ0v) is 42.0. The van der Waals surface area contributed by atoms with Crippen molar-refractivity contribution in [1.82, 2.24) is 0 Å². The summed E-state index contributed by atoms with van der Waals surface area (Å²) in [5.74, 6) is 0.598. The number of hydrogen-bond donors (Lipinski definition) is 0. The first-order valence-electron chi connectivity index (χ1n) is 24.9. The van der Waals surface area contributed by atoms with Crippen molar-refractivity contribution in [3.8, 4) is 0 Å². The van der Waals surface area contributed by atoms with Crippen LogP contribution in [0.5, 0.6) is 0 Å². The molecule has 0 radical (unpaired) electrons. The second kappa shape index (κ2) is 17.1. The van der Waals surface area contributed by atoms with Crippen molar-refractivity contribution in [2.75, 3.05) is 0 Å². The third-order valence-electron chi connectivity index (χ3n) is 14.1. The summed E-state index contributed by atoms with van der Waals surface area (Å²) < 4.78 is 14.6. The van der Waals surface area contributed by atoms with Crippen molar-refractivity contribution in [3.05, 3.63) is 214 Å². The van der Waals surface area contributed by atoms with E-state index in [1.54, 1.807) is 0 Å². The van der Waals surface area contributed by atoms with E-state index >= 15 is 0 Å². The zero-order valence-electron chi connectivity index (χ0n) is 42.0.